The van der Waals surface area contributed by atoms with Gasteiger partial charge in [-0.1, -0.05) is 36.6 Å². The molecule has 1 heterocycles. The molecule has 1 saturated carbocycles. The Morgan fingerprint density at radius 1 is 1.12 bits per heavy atom. The van der Waals surface area contributed by atoms with Crippen molar-refractivity contribution in [2.24, 2.45) is 0 Å². The molecule has 2 aliphatic rings. The molecule has 5 nitrogen and oxygen atoms in total. The van der Waals surface area contributed by atoms with Crippen molar-refractivity contribution < 1.29 is 13.2 Å². The van der Waals surface area contributed by atoms with E-state index >= 15 is 0 Å². The van der Waals surface area contributed by atoms with E-state index in [4.69, 9.17) is 11.6 Å². The zero-order valence-electron chi connectivity index (χ0n) is 13.6. The molecule has 3 rings (SSSR count). The van der Waals surface area contributed by atoms with Crippen molar-refractivity contribution in [3.8, 4) is 0 Å². The molecule has 0 unspecified atom stereocenters. The minimum atomic E-state index is -2.92. The maximum absolute atomic E-state index is 12.5. The third kappa shape index (κ3) is 4.10. The summed E-state index contributed by atoms with van der Waals surface area (Å²) in [7, 11) is -2.92. The predicted molar refractivity (Wildman–Crippen MR) is 94.8 cm³/mol. The number of benzene rings is 1. The third-order valence-corrected chi connectivity index (χ3v) is 6.90. The first kappa shape index (κ1) is 17.7. The first-order valence-electron chi connectivity index (χ1n) is 8.38. The van der Waals surface area contributed by atoms with Crippen LogP contribution in [0, 0.1) is 0 Å². The van der Waals surface area contributed by atoms with Gasteiger partial charge in [-0.25, -0.2) is 8.42 Å². The van der Waals surface area contributed by atoms with Crippen LogP contribution in [0.1, 0.15) is 31.2 Å². The highest BCUT2D eigenvalue weighted by Crippen LogP contribution is 2.39. The molecule has 0 spiro atoms. The van der Waals surface area contributed by atoms with Crippen LogP contribution in [0.25, 0.3) is 0 Å². The number of rotatable bonds is 4. The zero-order chi connectivity index (χ0) is 17.2. The first-order chi connectivity index (χ1) is 11.4. The van der Waals surface area contributed by atoms with Gasteiger partial charge in [-0.15, -0.1) is 0 Å². The number of nitrogens with one attached hydrogen (secondary N) is 1. The molecule has 0 bridgehead atoms. The second kappa shape index (κ2) is 7.02. The Balaban J connectivity index is 1.65. The summed E-state index contributed by atoms with van der Waals surface area (Å²) in [6.07, 6.45) is 4.03. The van der Waals surface area contributed by atoms with Crippen molar-refractivity contribution in [1.29, 1.82) is 0 Å². The van der Waals surface area contributed by atoms with Crippen LogP contribution in [0.2, 0.25) is 5.02 Å². The molecule has 1 aliphatic carbocycles. The fourth-order valence-electron chi connectivity index (χ4n) is 3.65. The van der Waals surface area contributed by atoms with Gasteiger partial charge in [0.1, 0.15) is 0 Å². The molecular weight excluding hydrogens is 348 g/mol. The van der Waals surface area contributed by atoms with Crippen LogP contribution in [0.3, 0.4) is 0 Å². The Kier molecular flexibility index (Phi) is 5.18. The summed E-state index contributed by atoms with van der Waals surface area (Å²) in [4.78, 5) is 14.5. The topological polar surface area (TPSA) is 66.5 Å². The van der Waals surface area contributed by atoms with Crippen LogP contribution in [0.5, 0.6) is 0 Å². The van der Waals surface area contributed by atoms with E-state index in [1.54, 1.807) is 0 Å². The number of hydrogen-bond donors (Lipinski definition) is 1. The normalized spacial score (nSPS) is 23.0. The summed E-state index contributed by atoms with van der Waals surface area (Å²) >= 11 is 5.98. The maximum atomic E-state index is 12.5. The van der Waals surface area contributed by atoms with Gasteiger partial charge in [0, 0.05) is 18.1 Å². The minimum Gasteiger partial charge on any atom is -0.345 e. The van der Waals surface area contributed by atoms with Crippen molar-refractivity contribution in [3.63, 3.8) is 0 Å². The predicted octanol–water partition coefficient (Wildman–Crippen LogP) is 1.96. The van der Waals surface area contributed by atoms with E-state index in [1.165, 1.54) is 0 Å². The quantitative estimate of drug-likeness (QED) is 0.879. The van der Waals surface area contributed by atoms with Crippen LogP contribution < -0.4 is 5.32 Å². The molecule has 0 aromatic heterocycles. The summed E-state index contributed by atoms with van der Waals surface area (Å²) < 4.78 is 23.0. The van der Waals surface area contributed by atoms with Crippen molar-refractivity contribution in [1.82, 2.24) is 10.2 Å². The van der Waals surface area contributed by atoms with E-state index < -0.39 is 9.84 Å². The van der Waals surface area contributed by atoms with Gasteiger partial charge in [-0.05, 0) is 30.5 Å². The van der Waals surface area contributed by atoms with Crippen LogP contribution in [0.4, 0.5) is 0 Å². The Bertz CT molecular complexity index is 683. The lowest BCUT2D eigenvalue weighted by atomic mass is 9.88. The number of sulfone groups is 1. The van der Waals surface area contributed by atoms with Gasteiger partial charge < -0.3 is 5.32 Å². The number of hydrogen-bond acceptors (Lipinski definition) is 4. The Morgan fingerprint density at radius 2 is 1.71 bits per heavy atom. The number of carbonyl (C=O) groups excluding carboxylic acids is 1. The monoisotopic (exact) mass is 370 g/mol. The van der Waals surface area contributed by atoms with Crippen LogP contribution in [-0.4, -0.2) is 50.4 Å². The molecule has 1 N–H and O–H groups in total. The highest BCUT2D eigenvalue weighted by molar-refractivity contribution is 7.91. The maximum Gasteiger partial charge on any atom is 0.234 e. The molecule has 1 saturated heterocycles. The molecule has 0 radical (unpaired) electrons. The van der Waals surface area contributed by atoms with Gasteiger partial charge in [-0.2, -0.15) is 0 Å². The number of amides is 1. The van der Waals surface area contributed by atoms with Gasteiger partial charge in [0.2, 0.25) is 5.91 Å². The average Bonchev–Trinajstić information content (AvgIpc) is 2.99. The van der Waals surface area contributed by atoms with E-state index in [2.05, 4.69) is 5.32 Å². The summed E-state index contributed by atoms with van der Waals surface area (Å²) in [5, 5.41) is 3.91. The van der Waals surface area contributed by atoms with E-state index in [0.29, 0.717) is 18.1 Å². The van der Waals surface area contributed by atoms with Crippen molar-refractivity contribution >= 4 is 27.3 Å². The fourth-order valence-corrected chi connectivity index (χ4v) is 5.05. The SMILES string of the molecule is O=C(CN1CCS(=O)(=O)CC1)NC1(c2ccc(Cl)cc2)CCCC1. The van der Waals surface area contributed by atoms with Crippen molar-refractivity contribution in [2.45, 2.75) is 31.2 Å². The molecule has 7 heteroatoms. The Hall–Kier alpha value is -1.11. The highest BCUT2D eigenvalue weighted by atomic mass is 35.5. The van der Waals surface area contributed by atoms with Crippen LogP contribution in [0.15, 0.2) is 24.3 Å². The van der Waals surface area contributed by atoms with Gasteiger partial charge >= 0.3 is 0 Å². The van der Waals surface area contributed by atoms with Gasteiger partial charge in [0.15, 0.2) is 9.84 Å². The summed E-state index contributed by atoms with van der Waals surface area (Å²) in [6.45, 7) is 1.12. The minimum absolute atomic E-state index is 0.0360. The molecule has 1 aliphatic heterocycles. The molecule has 1 aromatic carbocycles. The van der Waals surface area contributed by atoms with Crippen molar-refractivity contribution in [2.75, 3.05) is 31.1 Å². The fraction of sp³-hybridized carbons (Fsp3) is 0.588. The summed E-state index contributed by atoms with van der Waals surface area (Å²) in [5.41, 5.74) is 0.780. The standard InChI is InChI=1S/C17H23ClN2O3S/c18-15-5-3-14(4-6-15)17(7-1-2-8-17)19-16(21)13-20-9-11-24(22,23)12-10-20/h3-6H,1-2,7-13H2,(H,19,21). The average molecular weight is 371 g/mol. The summed E-state index contributed by atoms with van der Waals surface area (Å²) in [5.74, 6) is 0.247. The largest absolute Gasteiger partial charge is 0.345 e. The van der Waals surface area contributed by atoms with E-state index in [0.717, 1.165) is 31.2 Å². The van der Waals surface area contributed by atoms with E-state index in [1.807, 2.05) is 29.2 Å². The third-order valence-electron chi connectivity index (χ3n) is 5.04. The Labute approximate surface area is 148 Å². The van der Waals surface area contributed by atoms with Gasteiger partial charge in [0.05, 0.1) is 23.6 Å². The lowest BCUT2D eigenvalue weighted by Gasteiger charge is -2.33. The number of halogens is 1. The second-order valence-electron chi connectivity index (χ2n) is 6.77. The summed E-state index contributed by atoms with van der Waals surface area (Å²) in [6, 6.07) is 7.69. The van der Waals surface area contributed by atoms with Gasteiger partial charge in [-0.3, -0.25) is 9.69 Å². The molecule has 1 amide bonds. The molecule has 2 fully saturated rings. The van der Waals surface area contributed by atoms with Crippen LogP contribution >= 0.6 is 11.6 Å². The molecule has 0 atom stereocenters. The van der Waals surface area contributed by atoms with Gasteiger partial charge in [0.25, 0.3) is 0 Å². The second-order valence-corrected chi connectivity index (χ2v) is 9.51. The number of nitrogens with zero attached hydrogens (tertiary/aromatic N) is 1. The molecular formula is C17H23ClN2O3S. The van der Waals surface area contributed by atoms with E-state index in [9.17, 15) is 13.2 Å². The first-order valence-corrected chi connectivity index (χ1v) is 10.6. The molecule has 132 valence electrons. The van der Waals surface area contributed by atoms with Crippen LogP contribution in [-0.2, 0) is 20.2 Å². The lowest BCUT2D eigenvalue weighted by Crippen LogP contribution is -2.50. The zero-order valence-corrected chi connectivity index (χ0v) is 15.2. The smallest absolute Gasteiger partial charge is 0.234 e. The highest BCUT2D eigenvalue weighted by Gasteiger charge is 2.37. The van der Waals surface area contributed by atoms with E-state index in [-0.39, 0.29) is 29.5 Å². The lowest BCUT2D eigenvalue weighted by molar-refractivity contribution is -0.124. The van der Waals surface area contributed by atoms with Crippen molar-refractivity contribution in [3.05, 3.63) is 34.9 Å². The molecule has 24 heavy (non-hydrogen) atoms. The number of carbonyl (C=O) groups is 1. The Morgan fingerprint density at radius 3 is 2.29 bits per heavy atom. The molecule has 1 aromatic rings.